The van der Waals surface area contributed by atoms with E-state index in [0.717, 1.165) is 35.6 Å². The number of guanidine groups is 1. The lowest BCUT2D eigenvalue weighted by atomic mass is 10.1. The molecule has 1 heterocycles. The molecule has 6 nitrogen and oxygen atoms in total. The number of nitrogens with zero attached hydrogens (tertiary/aromatic N) is 4. The Bertz CT molecular complexity index is 690. The van der Waals surface area contributed by atoms with Gasteiger partial charge in [0.05, 0.1) is 0 Å². The number of hydrogen-bond acceptors (Lipinski definition) is 3. The van der Waals surface area contributed by atoms with Crippen LogP contribution in [-0.4, -0.2) is 33.8 Å². The van der Waals surface area contributed by atoms with Crippen molar-refractivity contribution in [1.82, 2.24) is 25.4 Å². The van der Waals surface area contributed by atoms with E-state index in [1.807, 2.05) is 42.8 Å². The SMILES string of the molecule is C=CCNC(=NCc1nnc(C)n1C)NCCc1ccc(Cl)cc1. The molecule has 0 saturated carbocycles. The molecule has 0 aliphatic rings. The number of hydrogen-bond donors (Lipinski definition) is 2. The molecule has 2 rings (SSSR count). The predicted molar refractivity (Wildman–Crippen MR) is 98.2 cm³/mol. The third-order valence-electron chi connectivity index (χ3n) is 3.59. The highest BCUT2D eigenvalue weighted by Gasteiger charge is 2.05. The Hall–Kier alpha value is -2.34. The van der Waals surface area contributed by atoms with Gasteiger partial charge in [0.1, 0.15) is 12.4 Å². The van der Waals surface area contributed by atoms with Gasteiger partial charge in [-0.15, -0.1) is 16.8 Å². The maximum Gasteiger partial charge on any atom is 0.191 e. The fraction of sp³-hybridized carbons (Fsp3) is 0.353. The monoisotopic (exact) mass is 346 g/mol. The normalized spacial score (nSPS) is 11.4. The first-order chi connectivity index (χ1) is 11.6. The average Bonchev–Trinajstić information content (AvgIpc) is 2.90. The van der Waals surface area contributed by atoms with E-state index in [1.54, 1.807) is 6.08 Å². The molecule has 7 heteroatoms. The summed E-state index contributed by atoms with van der Waals surface area (Å²) in [5, 5.41) is 15.4. The lowest BCUT2D eigenvalue weighted by molar-refractivity contribution is 0.757. The third-order valence-corrected chi connectivity index (χ3v) is 3.85. The van der Waals surface area contributed by atoms with Crippen LogP contribution in [0.4, 0.5) is 0 Å². The lowest BCUT2D eigenvalue weighted by Crippen LogP contribution is -2.38. The molecule has 0 unspecified atom stereocenters. The van der Waals surface area contributed by atoms with Crippen LogP contribution < -0.4 is 10.6 Å². The second-order valence-electron chi connectivity index (χ2n) is 5.36. The molecule has 0 aliphatic carbocycles. The molecule has 0 spiro atoms. The first-order valence-electron chi connectivity index (χ1n) is 7.82. The van der Waals surface area contributed by atoms with Crippen molar-refractivity contribution in [2.75, 3.05) is 13.1 Å². The quantitative estimate of drug-likeness (QED) is 0.458. The molecule has 24 heavy (non-hydrogen) atoms. The number of aromatic nitrogens is 3. The predicted octanol–water partition coefficient (Wildman–Crippen LogP) is 2.24. The summed E-state index contributed by atoms with van der Waals surface area (Å²) in [5.74, 6) is 2.42. The Morgan fingerprint density at radius 1 is 1.29 bits per heavy atom. The third kappa shape index (κ3) is 5.38. The Labute approximate surface area is 147 Å². The number of aryl methyl sites for hydroxylation is 1. The minimum atomic E-state index is 0.463. The second-order valence-corrected chi connectivity index (χ2v) is 5.80. The smallest absolute Gasteiger partial charge is 0.191 e. The summed E-state index contributed by atoms with van der Waals surface area (Å²) in [6.45, 7) is 7.51. The summed E-state index contributed by atoms with van der Waals surface area (Å²) in [6, 6.07) is 7.86. The zero-order valence-electron chi connectivity index (χ0n) is 14.1. The van der Waals surface area contributed by atoms with Crippen LogP contribution in [0.2, 0.25) is 5.02 Å². The maximum absolute atomic E-state index is 5.90. The van der Waals surface area contributed by atoms with Gasteiger partial charge in [-0.2, -0.15) is 0 Å². The first-order valence-corrected chi connectivity index (χ1v) is 8.20. The van der Waals surface area contributed by atoms with Crippen molar-refractivity contribution >= 4 is 17.6 Å². The zero-order chi connectivity index (χ0) is 17.4. The molecule has 0 radical (unpaired) electrons. The number of rotatable bonds is 7. The van der Waals surface area contributed by atoms with E-state index in [4.69, 9.17) is 11.6 Å². The van der Waals surface area contributed by atoms with Crippen molar-refractivity contribution < 1.29 is 0 Å². The van der Waals surface area contributed by atoms with Crippen molar-refractivity contribution in [2.24, 2.45) is 12.0 Å². The fourth-order valence-corrected chi connectivity index (χ4v) is 2.18. The standard InChI is InChI=1S/C17H23ClN6/c1-4-10-19-17(21-12-16-23-22-13(2)24(16)3)20-11-9-14-5-7-15(18)8-6-14/h4-8H,1,9-12H2,2-3H3,(H2,19,20,21). The molecule has 128 valence electrons. The van der Waals surface area contributed by atoms with Gasteiger partial charge in [0, 0.05) is 25.2 Å². The molecular weight excluding hydrogens is 324 g/mol. The van der Waals surface area contributed by atoms with Gasteiger partial charge in [-0.3, -0.25) is 0 Å². The maximum atomic E-state index is 5.90. The van der Waals surface area contributed by atoms with Crippen LogP contribution >= 0.6 is 11.6 Å². The molecule has 1 aromatic heterocycles. The number of aliphatic imine (C=N–C) groups is 1. The molecular formula is C17H23ClN6. The molecule has 0 bridgehead atoms. The first kappa shape index (κ1) is 18.0. The van der Waals surface area contributed by atoms with Gasteiger partial charge < -0.3 is 15.2 Å². The molecule has 0 fully saturated rings. The van der Waals surface area contributed by atoms with Crippen molar-refractivity contribution in [1.29, 1.82) is 0 Å². The van der Waals surface area contributed by atoms with E-state index < -0.39 is 0 Å². The molecule has 0 saturated heterocycles. The largest absolute Gasteiger partial charge is 0.356 e. The molecule has 2 aromatic rings. The van der Waals surface area contributed by atoms with Crippen molar-refractivity contribution in [2.45, 2.75) is 19.9 Å². The van der Waals surface area contributed by atoms with Crippen LogP contribution in [0.3, 0.4) is 0 Å². The molecule has 2 N–H and O–H groups in total. The van der Waals surface area contributed by atoms with Gasteiger partial charge in [0.2, 0.25) is 0 Å². The lowest BCUT2D eigenvalue weighted by Gasteiger charge is -2.11. The molecule has 0 amide bonds. The van der Waals surface area contributed by atoms with E-state index in [9.17, 15) is 0 Å². The molecule has 0 aliphatic heterocycles. The van der Waals surface area contributed by atoms with Gasteiger partial charge in [0.15, 0.2) is 11.8 Å². The van der Waals surface area contributed by atoms with Crippen LogP contribution in [0.15, 0.2) is 41.9 Å². The van der Waals surface area contributed by atoms with Gasteiger partial charge in [-0.25, -0.2) is 4.99 Å². The molecule has 0 atom stereocenters. The zero-order valence-corrected chi connectivity index (χ0v) is 14.8. The highest BCUT2D eigenvalue weighted by atomic mass is 35.5. The van der Waals surface area contributed by atoms with E-state index >= 15 is 0 Å². The topological polar surface area (TPSA) is 67.1 Å². The van der Waals surface area contributed by atoms with Gasteiger partial charge in [-0.05, 0) is 31.0 Å². The number of halogens is 1. The fourth-order valence-electron chi connectivity index (χ4n) is 2.06. The number of nitrogens with one attached hydrogen (secondary N) is 2. The summed E-state index contributed by atoms with van der Waals surface area (Å²) in [7, 11) is 1.94. The van der Waals surface area contributed by atoms with Crippen LogP contribution in [0.25, 0.3) is 0 Å². The van der Waals surface area contributed by atoms with Crippen molar-refractivity contribution in [3.63, 3.8) is 0 Å². The van der Waals surface area contributed by atoms with Crippen molar-refractivity contribution in [3.8, 4) is 0 Å². The summed E-state index contributed by atoms with van der Waals surface area (Å²) < 4.78 is 1.93. The molecule has 1 aromatic carbocycles. The summed E-state index contributed by atoms with van der Waals surface area (Å²) >= 11 is 5.90. The van der Waals surface area contributed by atoms with E-state index in [0.29, 0.717) is 13.1 Å². The van der Waals surface area contributed by atoms with E-state index in [-0.39, 0.29) is 0 Å². The Balaban J connectivity index is 1.91. The van der Waals surface area contributed by atoms with Crippen LogP contribution in [0, 0.1) is 6.92 Å². The Kier molecular flexibility index (Phi) is 6.81. The Morgan fingerprint density at radius 2 is 2.04 bits per heavy atom. The van der Waals surface area contributed by atoms with Gasteiger partial charge in [0.25, 0.3) is 0 Å². The van der Waals surface area contributed by atoms with E-state index in [2.05, 4.69) is 32.4 Å². The number of benzene rings is 1. The average molecular weight is 347 g/mol. The van der Waals surface area contributed by atoms with Crippen LogP contribution in [-0.2, 0) is 20.0 Å². The van der Waals surface area contributed by atoms with Crippen LogP contribution in [0.1, 0.15) is 17.2 Å². The second kappa shape index (κ2) is 9.08. The summed E-state index contributed by atoms with van der Waals surface area (Å²) in [4.78, 5) is 4.55. The van der Waals surface area contributed by atoms with Crippen LogP contribution in [0.5, 0.6) is 0 Å². The minimum absolute atomic E-state index is 0.463. The van der Waals surface area contributed by atoms with Crippen molar-refractivity contribution in [3.05, 3.63) is 59.2 Å². The Morgan fingerprint density at radius 3 is 2.67 bits per heavy atom. The van der Waals surface area contributed by atoms with Gasteiger partial charge in [-0.1, -0.05) is 29.8 Å². The summed E-state index contributed by atoms with van der Waals surface area (Å²) in [5.41, 5.74) is 1.22. The highest BCUT2D eigenvalue weighted by molar-refractivity contribution is 6.30. The highest BCUT2D eigenvalue weighted by Crippen LogP contribution is 2.09. The van der Waals surface area contributed by atoms with Gasteiger partial charge >= 0.3 is 0 Å². The summed E-state index contributed by atoms with van der Waals surface area (Å²) in [6.07, 6.45) is 2.68. The van der Waals surface area contributed by atoms with E-state index in [1.165, 1.54) is 5.56 Å². The minimum Gasteiger partial charge on any atom is -0.356 e.